The van der Waals surface area contributed by atoms with E-state index < -0.39 is 5.92 Å². The van der Waals surface area contributed by atoms with Crippen molar-refractivity contribution in [1.82, 2.24) is 4.90 Å². The van der Waals surface area contributed by atoms with Crippen molar-refractivity contribution in [3.8, 4) is 6.07 Å². The molecule has 0 aromatic heterocycles. The number of nitriles is 1. The number of carbonyl (C=O) groups is 1. The Balaban J connectivity index is 2.41. The van der Waals surface area contributed by atoms with Gasteiger partial charge in [-0.15, -0.1) is 0 Å². The highest BCUT2D eigenvalue weighted by Gasteiger charge is 2.23. The Morgan fingerprint density at radius 1 is 1.44 bits per heavy atom. The third-order valence-electron chi connectivity index (χ3n) is 3.50. The maximum atomic E-state index is 11.9. The van der Waals surface area contributed by atoms with Crippen LogP contribution in [-0.4, -0.2) is 24.4 Å². The second-order valence-corrected chi connectivity index (χ2v) is 4.81. The maximum absolute atomic E-state index is 11.9. The fourth-order valence-corrected chi connectivity index (χ4v) is 2.43. The van der Waals surface area contributed by atoms with Gasteiger partial charge in [0.15, 0.2) is 0 Å². The Hall–Kier alpha value is -1.04. The van der Waals surface area contributed by atoms with E-state index in [1.54, 1.807) is 4.90 Å². The van der Waals surface area contributed by atoms with Gasteiger partial charge in [0.05, 0.1) is 6.07 Å². The van der Waals surface area contributed by atoms with E-state index in [9.17, 15) is 4.79 Å². The van der Waals surface area contributed by atoms with Crippen LogP contribution in [0.5, 0.6) is 0 Å². The third-order valence-corrected chi connectivity index (χ3v) is 3.50. The molecule has 1 fully saturated rings. The first-order valence-corrected chi connectivity index (χ1v) is 6.33. The van der Waals surface area contributed by atoms with E-state index in [4.69, 9.17) is 5.26 Å². The minimum Gasteiger partial charge on any atom is -0.344 e. The van der Waals surface area contributed by atoms with Gasteiger partial charge in [0.25, 0.3) is 0 Å². The van der Waals surface area contributed by atoms with Crippen molar-refractivity contribution in [2.75, 3.05) is 13.6 Å². The summed E-state index contributed by atoms with van der Waals surface area (Å²) < 4.78 is 0. The second kappa shape index (κ2) is 6.52. The molecule has 1 aliphatic rings. The molecule has 3 nitrogen and oxygen atoms in total. The monoisotopic (exact) mass is 222 g/mol. The van der Waals surface area contributed by atoms with E-state index in [-0.39, 0.29) is 5.91 Å². The summed E-state index contributed by atoms with van der Waals surface area (Å²) in [5.74, 6) is 0.197. The molecule has 1 atom stereocenters. The Morgan fingerprint density at radius 2 is 2.06 bits per heavy atom. The molecule has 0 saturated heterocycles. The van der Waals surface area contributed by atoms with E-state index in [0.717, 1.165) is 6.54 Å². The quantitative estimate of drug-likeness (QED) is 0.733. The summed E-state index contributed by atoms with van der Waals surface area (Å²) in [4.78, 5) is 13.6. The van der Waals surface area contributed by atoms with E-state index >= 15 is 0 Å². The Kier molecular flexibility index (Phi) is 5.31. The molecule has 0 aliphatic heterocycles. The minimum absolute atomic E-state index is 0.00410. The van der Waals surface area contributed by atoms with Crippen molar-refractivity contribution < 1.29 is 4.79 Å². The molecule has 90 valence electrons. The lowest BCUT2D eigenvalue weighted by atomic mass is 9.89. The summed E-state index contributed by atoms with van der Waals surface area (Å²) in [6, 6.07) is 2.08. The van der Waals surface area contributed by atoms with Gasteiger partial charge in [0, 0.05) is 13.6 Å². The fourth-order valence-electron chi connectivity index (χ4n) is 2.43. The highest BCUT2D eigenvalue weighted by molar-refractivity contribution is 5.80. The van der Waals surface area contributed by atoms with Crippen molar-refractivity contribution in [3.63, 3.8) is 0 Å². The van der Waals surface area contributed by atoms with Crippen LogP contribution in [0.3, 0.4) is 0 Å². The molecule has 0 aromatic rings. The van der Waals surface area contributed by atoms with Gasteiger partial charge in [0.2, 0.25) is 5.91 Å². The molecule has 0 spiro atoms. The smallest absolute Gasteiger partial charge is 0.239 e. The normalized spacial score (nSPS) is 18.8. The summed E-state index contributed by atoms with van der Waals surface area (Å²) in [5.41, 5.74) is 0. The van der Waals surface area contributed by atoms with Gasteiger partial charge in [-0.1, -0.05) is 26.2 Å². The van der Waals surface area contributed by atoms with Crippen LogP contribution in [0, 0.1) is 23.2 Å². The van der Waals surface area contributed by atoms with E-state index in [2.05, 4.69) is 6.07 Å². The molecule has 3 heteroatoms. The van der Waals surface area contributed by atoms with Crippen molar-refractivity contribution in [3.05, 3.63) is 0 Å². The summed E-state index contributed by atoms with van der Waals surface area (Å²) in [6.45, 7) is 2.72. The highest BCUT2D eigenvalue weighted by atomic mass is 16.2. The van der Waals surface area contributed by atoms with Crippen LogP contribution in [0.2, 0.25) is 0 Å². The fraction of sp³-hybridized carbons (Fsp3) is 0.846. The molecule has 0 N–H and O–H groups in total. The van der Waals surface area contributed by atoms with E-state index in [0.29, 0.717) is 12.3 Å². The first-order valence-electron chi connectivity index (χ1n) is 6.33. The number of carbonyl (C=O) groups excluding carboxylic acids is 1. The number of hydrogen-bond donors (Lipinski definition) is 0. The van der Waals surface area contributed by atoms with Gasteiger partial charge >= 0.3 is 0 Å². The molecule has 0 aromatic carbocycles. The molecular formula is C13H22N2O. The maximum Gasteiger partial charge on any atom is 0.239 e. The average Bonchev–Trinajstić information content (AvgIpc) is 2.31. The largest absolute Gasteiger partial charge is 0.344 e. The number of amides is 1. The zero-order chi connectivity index (χ0) is 12.0. The van der Waals surface area contributed by atoms with Crippen molar-refractivity contribution in [2.45, 2.75) is 45.4 Å². The van der Waals surface area contributed by atoms with E-state index in [1.165, 1.54) is 32.1 Å². The first-order chi connectivity index (χ1) is 7.69. The van der Waals surface area contributed by atoms with Crippen LogP contribution < -0.4 is 0 Å². The lowest BCUT2D eigenvalue weighted by Gasteiger charge is -2.28. The molecule has 0 bridgehead atoms. The van der Waals surface area contributed by atoms with Gasteiger partial charge in [-0.3, -0.25) is 4.79 Å². The predicted molar refractivity (Wildman–Crippen MR) is 63.6 cm³/mol. The van der Waals surface area contributed by atoms with Crippen LogP contribution in [0.4, 0.5) is 0 Å². The van der Waals surface area contributed by atoms with Gasteiger partial charge in [-0.2, -0.15) is 5.26 Å². The second-order valence-electron chi connectivity index (χ2n) is 4.81. The first kappa shape index (κ1) is 13.0. The molecule has 1 aliphatic carbocycles. The SMILES string of the molecule is CCC(C#N)C(=O)N(C)CC1CCCCC1. The molecule has 0 radical (unpaired) electrons. The van der Waals surface area contributed by atoms with Gasteiger partial charge in [0.1, 0.15) is 5.92 Å². The Labute approximate surface area is 98.4 Å². The zero-order valence-corrected chi connectivity index (χ0v) is 10.4. The number of hydrogen-bond acceptors (Lipinski definition) is 2. The van der Waals surface area contributed by atoms with Crippen LogP contribution in [0.1, 0.15) is 45.4 Å². The molecule has 1 amide bonds. The molecule has 1 rings (SSSR count). The van der Waals surface area contributed by atoms with Crippen LogP contribution in [-0.2, 0) is 4.79 Å². The minimum atomic E-state index is -0.450. The lowest BCUT2D eigenvalue weighted by molar-refractivity contribution is -0.133. The van der Waals surface area contributed by atoms with Crippen LogP contribution in [0.15, 0.2) is 0 Å². The summed E-state index contributed by atoms with van der Waals surface area (Å²) in [6.07, 6.45) is 7.01. The zero-order valence-electron chi connectivity index (χ0n) is 10.4. The van der Waals surface area contributed by atoms with E-state index in [1.807, 2.05) is 14.0 Å². The van der Waals surface area contributed by atoms with Crippen molar-refractivity contribution in [1.29, 1.82) is 5.26 Å². The summed E-state index contributed by atoms with van der Waals surface area (Å²) in [7, 11) is 1.83. The molecule has 0 heterocycles. The Morgan fingerprint density at radius 3 is 2.56 bits per heavy atom. The standard InChI is InChI=1S/C13H22N2O/c1-3-12(9-14)13(16)15(2)10-11-7-5-4-6-8-11/h11-12H,3-8,10H2,1-2H3. The molecular weight excluding hydrogens is 200 g/mol. The predicted octanol–water partition coefficient (Wildman–Crippen LogP) is 2.57. The third kappa shape index (κ3) is 3.52. The van der Waals surface area contributed by atoms with Gasteiger partial charge in [-0.05, 0) is 25.2 Å². The van der Waals surface area contributed by atoms with Crippen molar-refractivity contribution >= 4 is 5.91 Å². The molecule has 1 unspecified atom stereocenters. The van der Waals surface area contributed by atoms with Gasteiger partial charge < -0.3 is 4.90 Å². The Bertz CT molecular complexity index is 264. The molecule has 1 saturated carbocycles. The number of nitrogens with zero attached hydrogens (tertiary/aromatic N) is 2. The van der Waals surface area contributed by atoms with Gasteiger partial charge in [-0.25, -0.2) is 0 Å². The van der Waals surface area contributed by atoms with Crippen molar-refractivity contribution in [2.24, 2.45) is 11.8 Å². The van der Waals surface area contributed by atoms with Crippen LogP contribution in [0.25, 0.3) is 0 Å². The highest BCUT2D eigenvalue weighted by Crippen LogP contribution is 2.24. The van der Waals surface area contributed by atoms with Crippen LogP contribution >= 0.6 is 0 Å². The topological polar surface area (TPSA) is 44.1 Å². The average molecular weight is 222 g/mol. The summed E-state index contributed by atoms with van der Waals surface area (Å²) >= 11 is 0. The summed E-state index contributed by atoms with van der Waals surface area (Å²) in [5, 5.41) is 8.85. The molecule has 16 heavy (non-hydrogen) atoms. The lowest BCUT2D eigenvalue weighted by Crippen LogP contribution is -2.36. The number of rotatable bonds is 4.